The van der Waals surface area contributed by atoms with Crippen LogP contribution in [-0.2, 0) is 29.6 Å². The molecule has 0 fully saturated rings. The van der Waals surface area contributed by atoms with Crippen LogP contribution in [-0.4, -0.2) is 41.0 Å². The minimum Gasteiger partial charge on any atom is -0.494 e. The highest BCUT2D eigenvalue weighted by molar-refractivity contribution is 6.39. The molecule has 2 aromatic carbocycles. The molecule has 0 aliphatic carbocycles. The van der Waals surface area contributed by atoms with Gasteiger partial charge in [-0.15, -0.1) is 0 Å². The number of aryl methyl sites for hydroxylation is 1. The third kappa shape index (κ3) is 5.43. The fourth-order valence-electron chi connectivity index (χ4n) is 4.28. The molecule has 172 valence electrons. The van der Waals surface area contributed by atoms with E-state index in [1.807, 2.05) is 26.2 Å². The van der Waals surface area contributed by atoms with Crippen LogP contribution in [0.1, 0.15) is 29.8 Å². The van der Waals surface area contributed by atoms with E-state index in [0.29, 0.717) is 24.6 Å². The van der Waals surface area contributed by atoms with Crippen LogP contribution in [0.15, 0.2) is 66.9 Å². The number of benzene rings is 2. The summed E-state index contributed by atoms with van der Waals surface area (Å²) in [4.78, 5) is 27.4. The number of carbonyl (C=O) groups excluding carboxylic acids is 2. The van der Waals surface area contributed by atoms with Gasteiger partial charge in [-0.3, -0.25) is 14.5 Å². The Labute approximate surface area is 194 Å². The van der Waals surface area contributed by atoms with E-state index in [1.165, 1.54) is 11.1 Å². The number of nitrogens with one attached hydrogen (secondary N) is 2. The van der Waals surface area contributed by atoms with Gasteiger partial charge in [-0.1, -0.05) is 24.3 Å². The summed E-state index contributed by atoms with van der Waals surface area (Å²) >= 11 is 0. The molecule has 3 aromatic rings. The first-order chi connectivity index (χ1) is 16.0. The van der Waals surface area contributed by atoms with Gasteiger partial charge in [0.05, 0.1) is 12.6 Å². The first-order valence-corrected chi connectivity index (χ1v) is 11.3. The molecular formula is C26H30N4O3. The second-order valence-electron chi connectivity index (χ2n) is 8.17. The number of aromatic nitrogens is 1. The third-order valence-corrected chi connectivity index (χ3v) is 6.01. The SMILES string of the molecule is CCOc1ccc(NC(=O)C(=O)NCC(c2cccn2C)N2CCc3ccccc3C2)cc1. The minimum absolute atomic E-state index is 0.0411. The fourth-order valence-corrected chi connectivity index (χ4v) is 4.28. The van der Waals surface area contributed by atoms with Crippen molar-refractivity contribution >= 4 is 17.5 Å². The molecule has 2 N–H and O–H groups in total. The second kappa shape index (κ2) is 10.4. The molecule has 0 saturated carbocycles. The van der Waals surface area contributed by atoms with E-state index < -0.39 is 11.8 Å². The van der Waals surface area contributed by atoms with Crippen molar-refractivity contribution in [3.63, 3.8) is 0 Å². The standard InChI is InChI=1S/C26H30N4O3/c1-3-33-22-12-10-21(11-13-22)28-26(32)25(31)27-17-24(23-9-6-15-29(23)2)30-16-14-19-7-4-5-8-20(19)18-30/h4-13,15,24H,3,14,16-18H2,1-2H3,(H,27,31)(H,28,32). The quantitative estimate of drug-likeness (QED) is 0.546. The van der Waals surface area contributed by atoms with Crippen LogP contribution in [0.5, 0.6) is 5.75 Å². The number of rotatable bonds is 7. The number of hydrogen-bond donors (Lipinski definition) is 2. The molecule has 0 bridgehead atoms. The fraction of sp³-hybridized carbons (Fsp3) is 0.308. The van der Waals surface area contributed by atoms with Gasteiger partial charge in [0, 0.05) is 44.3 Å². The molecule has 1 aromatic heterocycles. The molecule has 0 spiro atoms. The lowest BCUT2D eigenvalue weighted by Crippen LogP contribution is -2.44. The minimum atomic E-state index is -0.686. The Morgan fingerprint density at radius 2 is 1.76 bits per heavy atom. The van der Waals surface area contributed by atoms with Crippen LogP contribution in [0.2, 0.25) is 0 Å². The van der Waals surface area contributed by atoms with E-state index in [1.54, 1.807) is 24.3 Å². The zero-order valence-electron chi connectivity index (χ0n) is 19.1. The van der Waals surface area contributed by atoms with Crippen molar-refractivity contribution in [3.8, 4) is 5.75 Å². The zero-order valence-corrected chi connectivity index (χ0v) is 19.1. The Hall–Kier alpha value is -3.58. The van der Waals surface area contributed by atoms with Crippen LogP contribution in [0.4, 0.5) is 5.69 Å². The maximum Gasteiger partial charge on any atom is 0.313 e. The van der Waals surface area contributed by atoms with Crippen molar-refractivity contribution in [1.82, 2.24) is 14.8 Å². The number of nitrogens with zero attached hydrogens (tertiary/aromatic N) is 2. The molecule has 0 saturated heterocycles. The lowest BCUT2D eigenvalue weighted by atomic mass is 9.98. The van der Waals surface area contributed by atoms with Crippen molar-refractivity contribution in [1.29, 1.82) is 0 Å². The van der Waals surface area contributed by atoms with E-state index >= 15 is 0 Å². The summed E-state index contributed by atoms with van der Waals surface area (Å²) in [6, 6.07) is 19.5. The van der Waals surface area contributed by atoms with Gasteiger partial charge < -0.3 is 19.9 Å². The highest BCUT2D eigenvalue weighted by Gasteiger charge is 2.27. The number of hydrogen-bond acceptors (Lipinski definition) is 4. The summed E-state index contributed by atoms with van der Waals surface area (Å²) < 4.78 is 7.47. The van der Waals surface area contributed by atoms with E-state index in [2.05, 4.69) is 50.4 Å². The lowest BCUT2D eigenvalue weighted by Gasteiger charge is -2.36. The second-order valence-corrected chi connectivity index (χ2v) is 8.17. The normalized spacial score (nSPS) is 14.2. The molecule has 2 heterocycles. The monoisotopic (exact) mass is 446 g/mol. The predicted molar refractivity (Wildman–Crippen MR) is 128 cm³/mol. The average molecular weight is 447 g/mol. The molecule has 1 aliphatic rings. The van der Waals surface area contributed by atoms with Gasteiger partial charge >= 0.3 is 11.8 Å². The van der Waals surface area contributed by atoms with Gasteiger partial charge in [0.2, 0.25) is 0 Å². The van der Waals surface area contributed by atoms with Gasteiger partial charge in [0.1, 0.15) is 5.75 Å². The highest BCUT2D eigenvalue weighted by Crippen LogP contribution is 2.27. The molecular weight excluding hydrogens is 416 g/mol. The largest absolute Gasteiger partial charge is 0.494 e. The van der Waals surface area contributed by atoms with Crippen molar-refractivity contribution in [2.75, 3.05) is 25.0 Å². The van der Waals surface area contributed by atoms with Gasteiger partial charge in [0.25, 0.3) is 0 Å². The van der Waals surface area contributed by atoms with E-state index in [9.17, 15) is 9.59 Å². The summed E-state index contributed by atoms with van der Waals surface area (Å²) in [5.41, 5.74) is 4.33. The number of fused-ring (bicyclic) bond motifs is 1. The van der Waals surface area contributed by atoms with E-state index in [-0.39, 0.29) is 6.04 Å². The Balaban J connectivity index is 1.41. The van der Waals surface area contributed by atoms with Crippen LogP contribution in [0, 0.1) is 0 Å². The van der Waals surface area contributed by atoms with Gasteiger partial charge in [-0.05, 0) is 60.9 Å². The number of carbonyl (C=O) groups is 2. The topological polar surface area (TPSA) is 75.6 Å². The number of anilines is 1. The van der Waals surface area contributed by atoms with Crippen molar-refractivity contribution < 1.29 is 14.3 Å². The first kappa shape index (κ1) is 22.6. The average Bonchev–Trinajstić information content (AvgIpc) is 3.26. The first-order valence-electron chi connectivity index (χ1n) is 11.3. The van der Waals surface area contributed by atoms with Gasteiger partial charge in [0.15, 0.2) is 0 Å². The molecule has 7 heteroatoms. The molecule has 2 amide bonds. The zero-order chi connectivity index (χ0) is 23.2. The Morgan fingerprint density at radius 3 is 2.45 bits per heavy atom. The molecule has 4 rings (SSSR count). The van der Waals surface area contributed by atoms with Crippen molar-refractivity contribution in [2.24, 2.45) is 7.05 Å². The molecule has 1 unspecified atom stereocenters. The molecule has 1 atom stereocenters. The van der Waals surface area contributed by atoms with Crippen molar-refractivity contribution in [2.45, 2.75) is 25.9 Å². The lowest BCUT2D eigenvalue weighted by molar-refractivity contribution is -0.136. The third-order valence-electron chi connectivity index (χ3n) is 6.01. The van der Waals surface area contributed by atoms with Crippen LogP contribution in [0.3, 0.4) is 0 Å². The summed E-state index contributed by atoms with van der Waals surface area (Å²) in [6.45, 7) is 4.52. The Kier molecular flexibility index (Phi) is 7.10. The molecule has 7 nitrogen and oxygen atoms in total. The number of ether oxygens (including phenoxy) is 1. The van der Waals surface area contributed by atoms with Crippen LogP contribution >= 0.6 is 0 Å². The van der Waals surface area contributed by atoms with Crippen LogP contribution < -0.4 is 15.4 Å². The smallest absolute Gasteiger partial charge is 0.313 e. The van der Waals surface area contributed by atoms with Crippen LogP contribution in [0.25, 0.3) is 0 Å². The van der Waals surface area contributed by atoms with Gasteiger partial charge in [-0.25, -0.2) is 0 Å². The summed E-state index contributed by atoms with van der Waals surface area (Å²) in [6.07, 6.45) is 2.96. The maximum atomic E-state index is 12.6. The summed E-state index contributed by atoms with van der Waals surface area (Å²) in [5, 5.41) is 5.49. The molecule has 1 aliphatic heterocycles. The van der Waals surface area contributed by atoms with Gasteiger partial charge in [-0.2, -0.15) is 0 Å². The van der Waals surface area contributed by atoms with E-state index in [0.717, 1.165) is 25.2 Å². The number of amides is 2. The molecule has 0 radical (unpaired) electrons. The maximum absolute atomic E-state index is 12.6. The molecule has 33 heavy (non-hydrogen) atoms. The summed E-state index contributed by atoms with van der Waals surface area (Å²) in [5.74, 6) is -0.622. The summed E-state index contributed by atoms with van der Waals surface area (Å²) in [7, 11) is 2.00. The highest BCUT2D eigenvalue weighted by atomic mass is 16.5. The predicted octanol–water partition coefficient (Wildman–Crippen LogP) is 3.28. The Bertz CT molecular complexity index is 1110. The van der Waals surface area contributed by atoms with Crippen molar-refractivity contribution in [3.05, 3.63) is 83.7 Å². The Morgan fingerprint density at radius 1 is 1.00 bits per heavy atom. The van der Waals surface area contributed by atoms with E-state index in [4.69, 9.17) is 4.74 Å².